The van der Waals surface area contributed by atoms with Crippen molar-refractivity contribution in [2.75, 3.05) is 60.5 Å². The van der Waals surface area contributed by atoms with Crippen LogP contribution in [0.15, 0.2) is 42.7 Å². The first kappa shape index (κ1) is 21.9. The number of fused-ring (bicyclic) bond motifs is 1. The van der Waals surface area contributed by atoms with Gasteiger partial charge in [-0.2, -0.15) is 0 Å². The predicted octanol–water partition coefficient (Wildman–Crippen LogP) is 2.35. The van der Waals surface area contributed by atoms with Gasteiger partial charge in [-0.25, -0.2) is 13.4 Å². The van der Waals surface area contributed by atoms with Gasteiger partial charge in [0.05, 0.1) is 17.5 Å². The summed E-state index contributed by atoms with van der Waals surface area (Å²) < 4.78 is 25.6. The van der Waals surface area contributed by atoms with E-state index in [1.54, 1.807) is 30.6 Å². The van der Waals surface area contributed by atoms with Crippen LogP contribution in [-0.2, 0) is 10.0 Å². The number of sulfonamides is 1. The highest BCUT2D eigenvalue weighted by atomic mass is 32.2. The molecule has 170 valence electrons. The van der Waals surface area contributed by atoms with Crippen molar-refractivity contribution in [1.82, 2.24) is 14.9 Å². The Kier molecular flexibility index (Phi) is 5.96. The van der Waals surface area contributed by atoms with Gasteiger partial charge in [-0.1, -0.05) is 0 Å². The number of hydrogen-bond donors (Lipinski definition) is 2. The lowest BCUT2D eigenvalue weighted by atomic mass is 10.1. The van der Waals surface area contributed by atoms with E-state index in [0.29, 0.717) is 42.8 Å². The third kappa shape index (κ3) is 4.50. The molecule has 0 aliphatic carbocycles. The lowest BCUT2D eigenvalue weighted by molar-refractivity contribution is 0.0748. The molecule has 3 heterocycles. The number of nitrogens with one attached hydrogen (secondary N) is 2. The zero-order valence-electron chi connectivity index (χ0n) is 18.5. The molecule has 3 aromatic rings. The number of nitrogens with zero attached hydrogens (tertiary/aromatic N) is 4. The maximum atomic E-state index is 13.3. The Morgan fingerprint density at radius 1 is 1.22 bits per heavy atom. The second kappa shape index (κ2) is 8.70. The molecule has 0 atom stereocenters. The Bertz CT molecular complexity index is 1230. The minimum absolute atomic E-state index is 0.0701. The molecule has 9 nitrogen and oxygen atoms in total. The third-order valence-corrected chi connectivity index (χ3v) is 6.34. The number of piperazine rings is 1. The van der Waals surface area contributed by atoms with Crippen molar-refractivity contribution in [3.05, 3.63) is 48.3 Å². The van der Waals surface area contributed by atoms with Gasteiger partial charge in [0.25, 0.3) is 5.91 Å². The van der Waals surface area contributed by atoms with E-state index >= 15 is 0 Å². The largest absolute Gasteiger partial charge is 0.372 e. The number of H-pyrrole nitrogens is 1. The molecule has 1 aliphatic rings. The van der Waals surface area contributed by atoms with Gasteiger partial charge in [0.2, 0.25) is 10.0 Å². The molecule has 32 heavy (non-hydrogen) atoms. The Morgan fingerprint density at radius 3 is 2.66 bits per heavy atom. The topological polar surface area (TPSA) is 102 Å². The van der Waals surface area contributed by atoms with Gasteiger partial charge in [0, 0.05) is 68.8 Å². The SMILES string of the molecule is CCN(C)c1cccnc1N1CCN(C(=O)c2c[nH]c3ccc(NS(C)(=O)=O)cc23)CC1. The van der Waals surface area contributed by atoms with E-state index in [0.717, 1.165) is 29.8 Å². The summed E-state index contributed by atoms with van der Waals surface area (Å²) in [5.74, 6) is 0.867. The quantitative estimate of drug-likeness (QED) is 0.591. The maximum absolute atomic E-state index is 13.3. The minimum Gasteiger partial charge on any atom is -0.372 e. The van der Waals surface area contributed by atoms with Crippen LogP contribution in [0.2, 0.25) is 0 Å². The lowest BCUT2D eigenvalue weighted by Gasteiger charge is -2.37. The van der Waals surface area contributed by atoms with Gasteiger partial charge >= 0.3 is 0 Å². The molecule has 0 spiro atoms. The summed E-state index contributed by atoms with van der Waals surface area (Å²) in [5, 5.41) is 0.697. The normalized spacial score (nSPS) is 14.6. The molecule has 1 aliphatic heterocycles. The molecular formula is C22H28N6O3S. The maximum Gasteiger partial charge on any atom is 0.256 e. The van der Waals surface area contributed by atoms with Gasteiger partial charge in [-0.15, -0.1) is 0 Å². The molecule has 1 amide bonds. The van der Waals surface area contributed by atoms with Crippen molar-refractivity contribution < 1.29 is 13.2 Å². The van der Waals surface area contributed by atoms with Crippen LogP contribution >= 0.6 is 0 Å². The minimum atomic E-state index is -3.40. The van der Waals surface area contributed by atoms with Crippen molar-refractivity contribution in [2.45, 2.75) is 6.92 Å². The van der Waals surface area contributed by atoms with Crippen LogP contribution in [0.3, 0.4) is 0 Å². The monoisotopic (exact) mass is 456 g/mol. The second-order valence-corrected chi connectivity index (χ2v) is 9.72. The average Bonchev–Trinajstić information content (AvgIpc) is 3.20. The molecule has 1 saturated heterocycles. The van der Waals surface area contributed by atoms with Gasteiger partial charge in [-0.05, 0) is 37.3 Å². The summed E-state index contributed by atoms with van der Waals surface area (Å²) >= 11 is 0. The molecule has 2 N–H and O–H groups in total. The molecule has 0 unspecified atom stereocenters. The van der Waals surface area contributed by atoms with E-state index < -0.39 is 10.0 Å². The number of rotatable bonds is 6. The second-order valence-electron chi connectivity index (χ2n) is 7.98. The molecule has 0 radical (unpaired) electrons. The van der Waals surface area contributed by atoms with Gasteiger partial charge in [0.1, 0.15) is 0 Å². The molecule has 4 rings (SSSR count). The highest BCUT2D eigenvalue weighted by Gasteiger charge is 2.26. The number of aromatic nitrogens is 2. The molecular weight excluding hydrogens is 428 g/mol. The molecule has 0 bridgehead atoms. The zero-order valence-corrected chi connectivity index (χ0v) is 19.3. The van der Waals surface area contributed by atoms with Crippen LogP contribution in [0.5, 0.6) is 0 Å². The fourth-order valence-electron chi connectivity index (χ4n) is 3.97. The summed E-state index contributed by atoms with van der Waals surface area (Å²) in [6.45, 7) is 5.53. The highest BCUT2D eigenvalue weighted by Crippen LogP contribution is 2.28. The van der Waals surface area contributed by atoms with E-state index in [9.17, 15) is 13.2 Å². The number of hydrogen-bond acceptors (Lipinski definition) is 6. The summed E-state index contributed by atoms with van der Waals surface area (Å²) in [6, 6.07) is 9.14. The Labute approximate surface area is 188 Å². The van der Waals surface area contributed by atoms with E-state index in [1.807, 2.05) is 18.0 Å². The van der Waals surface area contributed by atoms with Crippen molar-refractivity contribution in [3.8, 4) is 0 Å². The molecule has 1 fully saturated rings. The number of pyridine rings is 1. The Balaban J connectivity index is 1.51. The number of carbonyl (C=O) groups is 1. The molecule has 10 heteroatoms. The fraction of sp³-hybridized carbons (Fsp3) is 0.364. The Hall–Kier alpha value is -3.27. The van der Waals surface area contributed by atoms with Crippen LogP contribution in [0, 0.1) is 0 Å². The van der Waals surface area contributed by atoms with Crippen LogP contribution in [-0.4, -0.2) is 75.2 Å². The summed E-state index contributed by atoms with van der Waals surface area (Å²) in [6.07, 6.45) is 4.59. The zero-order chi connectivity index (χ0) is 22.9. The summed E-state index contributed by atoms with van der Waals surface area (Å²) in [7, 11) is -1.35. The van der Waals surface area contributed by atoms with Crippen molar-refractivity contribution in [3.63, 3.8) is 0 Å². The first-order valence-corrected chi connectivity index (χ1v) is 12.5. The lowest BCUT2D eigenvalue weighted by Crippen LogP contribution is -2.49. The van der Waals surface area contributed by atoms with Crippen LogP contribution in [0.25, 0.3) is 10.9 Å². The smallest absolute Gasteiger partial charge is 0.256 e. The van der Waals surface area contributed by atoms with E-state index in [1.165, 1.54) is 0 Å². The van der Waals surface area contributed by atoms with Gasteiger partial charge in [-0.3, -0.25) is 9.52 Å². The van der Waals surface area contributed by atoms with Crippen molar-refractivity contribution in [1.29, 1.82) is 0 Å². The average molecular weight is 457 g/mol. The summed E-state index contributed by atoms with van der Waals surface area (Å²) in [5.41, 5.74) is 2.83. The fourth-order valence-corrected chi connectivity index (χ4v) is 4.52. The summed E-state index contributed by atoms with van der Waals surface area (Å²) in [4.78, 5) is 27.2. The standard InChI is InChI=1S/C22H28N6O3S/c1-4-26(2)20-6-5-9-23-21(20)27-10-12-28(13-11-27)22(29)18-15-24-19-8-7-16(14-17(18)19)25-32(3,30)31/h5-9,14-15,24-25H,4,10-13H2,1-3H3. The van der Waals surface area contributed by atoms with E-state index in [2.05, 4.69) is 37.5 Å². The number of aromatic amines is 1. The molecule has 1 aromatic carbocycles. The first-order valence-electron chi connectivity index (χ1n) is 10.6. The van der Waals surface area contributed by atoms with E-state index in [4.69, 9.17) is 0 Å². The first-order chi connectivity index (χ1) is 15.3. The van der Waals surface area contributed by atoms with Crippen molar-refractivity contribution >= 4 is 44.0 Å². The van der Waals surface area contributed by atoms with Crippen LogP contribution in [0.1, 0.15) is 17.3 Å². The number of amides is 1. The molecule has 2 aromatic heterocycles. The van der Waals surface area contributed by atoms with Crippen LogP contribution in [0.4, 0.5) is 17.2 Å². The number of anilines is 3. The van der Waals surface area contributed by atoms with Crippen LogP contribution < -0.4 is 14.5 Å². The van der Waals surface area contributed by atoms with Gasteiger partial charge < -0.3 is 19.7 Å². The van der Waals surface area contributed by atoms with Gasteiger partial charge in [0.15, 0.2) is 5.82 Å². The van der Waals surface area contributed by atoms with E-state index in [-0.39, 0.29) is 5.91 Å². The number of benzene rings is 1. The Morgan fingerprint density at radius 2 is 1.97 bits per heavy atom. The number of carbonyl (C=O) groups excluding carboxylic acids is 1. The highest BCUT2D eigenvalue weighted by molar-refractivity contribution is 7.92. The predicted molar refractivity (Wildman–Crippen MR) is 128 cm³/mol. The third-order valence-electron chi connectivity index (χ3n) is 5.73. The molecule has 0 saturated carbocycles. The van der Waals surface area contributed by atoms with Crippen molar-refractivity contribution in [2.24, 2.45) is 0 Å².